The molecule has 2 rings (SSSR count). The molecule has 7 nitrogen and oxygen atoms in total. The number of carbonyl (C=O) groups is 2. The van der Waals surface area contributed by atoms with Crippen molar-refractivity contribution in [2.45, 2.75) is 84.1 Å². The van der Waals surface area contributed by atoms with Gasteiger partial charge in [0.05, 0.1) is 5.69 Å². The van der Waals surface area contributed by atoms with E-state index in [2.05, 4.69) is 22.5 Å². The monoisotopic (exact) mass is 509 g/mol. The minimum absolute atomic E-state index is 0.00249. The van der Waals surface area contributed by atoms with E-state index in [-0.39, 0.29) is 18.3 Å². The average Bonchev–Trinajstić information content (AvgIpc) is 2.90. The van der Waals surface area contributed by atoms with Crippen molar-refractivity contribution in [2.75, 3.05) is 13.2 Å². The number of hydrogen-bond donors (Lipinski definition) is 3. The van der Waals surface area contributed by atoms with Crippen molar-refractivity contribution in [1.29, 1.82) is 0 Å². The van der Waals surface area contributed by atoms with Crippen LogP contribution in [-0.2, 0) is 9.59 Å². The van der Waals surface area contributed by atoms with Crippen LogP contribution >= 0.6 is 0 Å². The molecule has 0 bridgehead atoms. The van der Waals surface area contributed by atoms with Gasteiger partial charge in [-0.1, -0.05) is 82.9 Å². The third-order valence-corrected chi connectivity index (χ3v) is 6.08. The third-order valence-electron chi connectivity index (χ3n) is 6.08. The summed E-state index contributed by atoms with van der Waals surface area (Å²) in [5, 5.41) is 15.8. The zero-order valence-electron chi connectivity index (χ0n) is 22.4. The van der Waals surface area contributed by atoms with Crippen LogP contribution in [0.15, 0.2) is 53.5 Å². The predicted octanol–water partition coefficient (Wildman–Crippen LogP) is 6.06. The number of nitrogens with one attached hydrogen (secondary N) is 2. The highest BCUT2D eigenvalue weighted by Crippen LogP contribution is 2.23. The van der Waals surface area contributed by atoms with Crippen molar-refractivity contribution in [3.05, 3.63) is 54.1 Å². The standard InChI is InChI=1S/C30H43N3O4/c1-3-4-5-6-7-8-9-10-11-15-20-31-30(36)24(2)33-29(35)23-37-27-19-18-25(28(34)21-27)22-32-26-16-13-12-14-17-26/h12-14,16-19,21-22,24,34H,3-11,15,20,23H2,1-2H3,(H,31,36)(H,33,35)/t24-/m0/s1. The molecule has 2 amide bonds. The molecule has 2 aromatic carbocycles. The smallest absolute Gasteiger partial charge is 0.258 e. The van der Waals surface area contributed by atoms with E-state index in [9.17, 15) is 14.7 Å². The summed E-state index contributed by atoms with van der Waals surface area (Å²) >= 11 is 0. The van der Waals surface area contributed by atoms with E-state index < -0.39 is 11.9 Å². The summed E-state index contributed by atoms with van der Waals surface area (Å²) in [5.74, 6) is -0.264. The minimum Gasteiger partial charge on any atom is -0.507 e. The SMILES string of the molecule is CCCCCCCCCCCCNC(=O)[C@H](C)NC(=O)COc1ccc(C=Nc2ccccc2)c(O)c1. The third kappa shape index (κ3) is 13.0. The van der Waals surface area contributed by atoms with Gasteiger partial charge in [-0.25, -0.2) is 0 Å². The number of ether oxygens (including phenoxy) is 1. The zero-order chi connectivity index (χ0) is 26.7. The minimum atomic E-state index is -0.649. The first kappa shape index (κ1) is 29.9. The molecule has 0 aromatic heterocycles. The van der Waals surface area contributed by atoms with E-state index in [0.29, 0.717) is 17.9 Å². The van der Waals surface area contributed by atoms with Crippen LogP contribution in [0.4, 0.5) is 5.69 Å². The number of nitrogens with zero attached hydrogens (tertiary/aromatic N) is 1. The Morgan fingerprint density at radius 2 is 1.59 bits per heavy atom. The van der Waals surface area contributed by atoms with Gasteiger partial charge in [-0.2, -0.15) is 0 Å². The molecule has 0 unspecified atom stereocenters. The molecule has 0 saturated carbocycles. The number of unbranched alkanes of at least 4 members (excludes halogenated alkanes) is 9. The highest BCUT2D eigenvalue weighted by molar-refractivity contribution is 5.88. The van der Waals surface area contributed by atoms with E-state index in [1.807, 2.05) is 30.3 Å². The first-order chi connectivity index (χ1) is 18.0. The average molecular weight is 510 g/mol. The van der Waals surface area contributed by atoms with Gasteiger partial charge in [-0.3, -0.25) is 14.6 Å². The summed E-state index contributed by atoms with van der Waals surface area (Å²) in [6.07, 6.45) is 14.0. The van der Waals surface area contributed by atoms with Crippen LogP contribution in [0.1, 0.15) is 83.6 Å². The number of phenolic OH excluding ortho intramolecular Hbond substituents is 1. The molecule has 1 atom stereocenters. The normalized spacial score (nSPS) is 11.8. The second-order valence-corrected chi connectivity index (χ2v) is 9.37. The van der Waals surface area contributed by atoms with Crippen LogP contribution in [0, 0.1) is 0 Å². The maximum Gasteiger partial charge on any atom is 0.258 e. The summed E-state index contributed by atoms with van der Waals surface area (Å²) in [6.45, 7) is 4.25. The Kier molecular flexibility index (Phi) is 14.5. The fourth-order valence-corrected chi connectivity index (χ4v) is 3.86. The zero-order valence-corrected chi connectivity index (χ0v) is 22.4. The lowest BCUT2D eigenvalue weighted by Gasteiger charge is -2.14. The van der Waals surface area contributed by atoms with Gasteiger partial charge in [-0.15, -0.1) is 0 Å². The Labute approximate surface area is 221 Å². The molecule has 0 spiro atoms. The van der Waals surface area contributed by atoms with Crippen LogP contribution in [0.25, 0.3) is 0 Å². The number of aromatic hydroxyl groups is 1. The molecule has 0 fully saturated rings. The maximum atomic E-state index is 12.2. The summed E-state index contributed by atoms with van der Waals surface area (Å²) in [6, 6.07) is 13.5. The van der Waals surface area contributed by atoms with Gasteiger partial charge >= 0.3 is 0 Å². The van der Waals surface area contributed by atoms with E-state index >= 15 is 0 Å². The maximum absolute atomic E-state index is 12.2. The van der Waals surface area contributed by atoms with Crippen LogP contribution in [0.5, 0.6) is 11.5 Å². The Morgan fingerprint density at radius 3 is 2.24 bits per heavy atom. The number of hydrogen-bond acceptors (Lipinski definition) is 5. The lowest BCUT2D eigenvalue weighted by molar-refractivity contribution is -0.129. The summed E-state index contributed by atoms with van der Waals surface area (Å²) in [7, 11) is 0. The number of amides is 2. The molecule has 0 heterocycles. The van der Waals surface area contributed by atoms with E-state index in [0.717, 1.165) is 18.5 Å². The molecule has 0 aliphatic carbocycles. The van der Waals surface area contributed by atoms with E-state index in [1.54, 1.807) is 25.3 Å². The number of aliphatic imine (C=N–C) groups is 1. The Morgan fingerprint density at radius 1 is 0.946 bits per heavy atom. The highest BCUT2D eigenvalue weighted by atomic mass is 16.5. The highest BCUT2D eigenvalue weighted by Gasteiger charge is 2.15. The lowest BCUT2D eigenvalue weighted by atomic mass is 10.1. The lowest BCUT2D eigenvalue weighted by Crippen LogP contribution is -2.46. The Bertz CT molecular complexity index is 963. The van der Waals surface area contributed by atoms with E-state index in [4.69, 9.17) is 4.74 Å². The fourth-order valence-electron chi connectivity index (χ4n) is 3.86. The van der Waals surface area contributed by atoms with Crippen molar-refractivity contribution in [1.82, 2.24) is 10.6 Å². The van der Waals surface area contributed by atoms with Gasteiger partial charge in [0.25, 0.3) is 5.91 Å². The van der Waals surface area contributed by atoms with Crippen LogP contribution < -0.4 is 15.4 Å². The van der Waals surface area contributed by atoms with Crippen molar-refractivity contribution in [3.8, 4) is 11.5 Å². The van der Waals surface area contributed by atoms with Gasteiger partial charge < -0.3 is 20.5 Å². The number of benzene rings is 2. The molecule has 0 aliphatic heterocycles. The molecular formula is C30H43N3O4. The fraction of sp³-hybridized carbons (Fsp3) is 0.500. The second kappa shape index (κ2) is 18.0. The largest absolute Gasteiger partial charge is 0.507 e. The van der Waals surface area contributed by atoms with Crippen molar-refractivity contribution in [2.24, 2.45) is 4.99 Å². The summed E-state index contributed by atoms with van der Waals surface area (Å²) < 4.78 is 5.47. The van der Waals surface area contributed by atoms with Crippen LogP contribution in [0.2, 0.25) is 0 Å². The quantitative estimate of drug-likeness (QED) is 0.168. The number of phenols is 1. The molecule has 37 heavy (non-hydrogen) atoms. The molecule has 3 N–H and O–H groups in total. The van der Waals surface area contributed by atoms with Crippen molar-refractivity contribution >= 4 is 23.7 Å². The number of rotatable bonds is 18. The van der Waals surface area contributed by atoms with Gasteiger partial charge in [-0.05, 0) is 37.6 Å². The van der Waals surface area contributed by atoms with Crippen molar-refractivity contribution < 1.29 is 19.4 Å². The summed E-state index contributed by atoms with van der Waals surface area (Å²) in [5.41, 5.74) is 1.31. The first-order valence-corrected chi connectivity index (χ1v) is 13.6. The van der Waals surface area contributed by atoms with Crippen molar-refractivity contribution in [3.63, 3.8) is 0 Å². The Hall–Kier alpha value is -3.35. The van der Waals surface area contributed by atoms with Gasteiger partial charge in [0.15, 0.2) is 6.61 Å². The number of carbonyl (C=O) groups excluding carboxylic acids is 2. The molecular weight excluding hydrogens is 466 g/mol. The molecule has 202 valence electrons. The second-order valence-electron chi connectivity index (χ2n) is 9.37. The van der Waals surface area contributed by atoms with Gasteiger partial charge in [0.2, 0.25) is 5.91 Å². The number of para-hydroxylation sites is 1. The summed E-state index contributed by atoms with van der Waals surface area (Å²) in [4.78, 5) is 28.8. The van der Waals surface area contributed by atoms with Crippen LogP contribution in [-0.4, -0.2) is 42.3 Å². The molecule has 7 heteroatoms. The molecule has 0 saturated heterocycles. The van der Waals surface area contributed by atoms with Gasteiger partial charge in [0, 0.05) is 24.4 Å². The topological polar surface area (TPSA) is 100 Å². The molecule has 0 aliphatic rings. The van der Waals surface area contributed by atoms with Crippen LogP contribution in [0.3, 0.4) is 0 Å². The Balaban J connectivity index is 1.59. The molecule has 0 radical (unpaired) electrons. The van der Waals surface area contributed by atoms with E-state index in [1.165, 1.54) is 57.4 Å². The molecule has 2 aromatic rings. The predicted molar refractivity (Wildman–Crippen MR) is 150 cm³/mol. The first-order valence-electron chi connectivity index (χ1n) is 13.6. The van der Waals surface area contributed by atoms with Gasteiger partial charge in [0.1, 0.15) is 17.5 Å².